The molecular formula is C14H18N2O3S. The Morgan fingerprint density at radius 2 is 1.90 bits per heavy atom. The first-order valence-corrected chi connectivity index (χ1v) is 7.71. The third-order valence-electron chi connectivity index (χ3n) is 3.18. The second-order valence-corrected chi connectivity index (χ2v) is 5.87. The molecule has 2 rings (SSSR count). The Morgan fingerprint density at radius 1 is 1.25 bits per heavy atom. The van der Waals surface area contributed by atoms with E-state index < -0.39 is 12.0 Å². The summed E-state index contributed by atoms with van der Waals surface area (Å²) in [5.41, 5.74) is 0.480. The first kappa shape index (κ1) is 14.9. The summed E-state index contributed by atoms with van der Waals surface area (Å²) in [5.74, 6) is 0.690. The molecule has 0 saturated carbocycles. The molecule has 0 bridgehead atoms. The minimum atomic E-state index is -0.993. The van der Waals surface area contributed by atoms with E-state index in [0.29, 0.717) is 12.1 Å². The molecule has 0 aliphatic carbocycles. The topological polar surface area (TPSA) is 69.6 Å². The molecule has 20 heavy (non-hydrogen) atoms. The molecule has 6 heteroatoms. The van der Waals surface area contributed by atoms with Crippen molar-refractivity contribution >= 4 is 23.6 Å². The Morgan fingerprint density at radius 3 is 2.50 bits per heavy atom. The maximum absolute atomic E-state index is 12.0. The van der Waals surface area contributed by atoms with Crippen LogP contribution in [0.3, 0.4) is 0 Å². The van der Waals surface area contributed by atoms with Gasteiger partial charge in [-0.3, -0.25) is 9.69 Å². The summed E-state index contributed by atoms with van der Waals surface area (Å²) in [6, 6.07) is 7.80. The first-order chi connectivity index (χ1) is 9.66. The van der Waals surface area contributed by atoms with Crippen molar-refractivity contribution in [2.45, 2.75) is 6.04 Å². The fourth-order valence-electron chi connectivity index (χ4n) is 2.06. The zero-order valence-corrected chi connectivity index (χ0v) is 11.9. The van der Waals surface area contributed by atoms with E-state index >= 15 is 0 Å². The Labute approximate surface area is 122 Å². The monoisotopic (exact) mass is 294 g/mol. The van der Waals surface area contributed by atoms with Crippen molar-refractivity contribution in [2.75, 3.05) is 31.1 Å². The number of benzene rings is 1. The van der Waals surface area contributed by atoms with Crippen molar-refractivity contribution in [1.29, 1.82) is 0 Å². The lowest BCUT2D eigenvalue weighted by molar-refractivity contribution is -0.139. The van der Waals surface area contributed by atoms with E-state index in [4.69, 9.17) is 0 Å². The van der Waals surface area contributed by atoms with Gasteiger partial charge in [0.05, 0.1) is 0 Å². The zero-order chi connectivity index (χ0) is 14.4. The number of hydrogen-bond donors (Lipinski definition) is 2. The molecule has 1 aliphatic heterocycles. The number of thioether (sulfide) groups is 1. The summed E-state index contributed by atoms with van der Waals surface area (Å²) in [6.07, 6.45) is 0. The number of carboxylic acids is 1. The van der Waals surface area contributed by atoms with Gasteiger partial charge in [-0.05, 0) is 12.1 Å². The SMILES string of the molecule is O=C(N[C@@H](CN1CCSCC1)C(=O)O)c1ccccc1. The van der Waals surface area contributed by atoms with Gasteiger partial charge in [0.15, 0.2) is 0 Å². The molecule has 1 aliphatic rings. The third kappa shape index (κ3) is 4.25. The predicted molar refractivity (Wildman–Crippen MR) is 79.1 cm³/mol. The molecule has 5 nitrogen and oxygen atoms in total. The van der Waals surface area contributed by atoms with Crippen molar-refractivity contribution in [3.8, 4) is 0 Å². The smallest absolute Gasteiger partial charge is 0.327 e. The minimum Gasteiger partial charge on any atom is -0.480 e. The summed E-state index contributed by atoms with van der Waals surface area (Å²) in [5, 5.41) is 11.8. The average Bonchev–Trinajstić information content (AvgIpc) is 2.48. The quantitative estimate of drug-likeness (QED) is 0.845. The highest BCUT2D eigenvalue weighted by molar-refractivity contribution is 7.99. The van der Waals surface area contributed by atoms with Crippen molar-refractivity contribution in [3.63, 3.8) is 0 Å². The van der Waals surface area contributed by atoms with Gasteiger partial charge in [0, 0.05) is 36.7 Å². The number of carbonyl (C=O) groups excluding carboxylic acids is 1. The average molecular weight is 294 g/mol. The lowest BCUT2D eigenvalue weighted by Crippen LogP contribution is -2.50. The molecule has 1 saturated heterocycles. The van der Waals surface area contributed by atoms with Gasteiger partial charge in [0.25, 0.3) is 5.91 Å². The lowest BCUT2D eigenvalue weighted by Gasteiger charge is -2.28. The Bertz CT molecular complexity index is 461. The summed E-state index contributed by atoms with van der Waals surface area (Å²) in [6.45, 7) is 2.10. The van der Waals surface area contributed by atoms with E-state index in [-0.39, 0.29) is 5.91 Å². The molecule has 0 unspecified atom stereocenters. The third-order valence-corrected chi connectivity index (χ3v) is 4.13. The van der Waals surface area contributed by atoms with Crippen LogP contribution in [-0.2, 0) is 4.79 Å². The standard InChI is InChI=1S/C14H18N2O3S/c17-13(11-4-2-1-3-5-11)15-12(14(18)19)10-16-6-8-20-9-7-16/h1-5,12H,6-10H2,(H,15,17)(H,18,19)/t12-/m0/s1. The Hall–Kier alpha value is -1.53. The number of amides is 1. The van der Waals surface area contributed by atoms with Crippen LogP contribution in [0.4, 0.5) is 0 Å². The van der Waals surface area contributed by atoms with Crippen molar-refractivity contribution < 1.29 is 14.7 Å². The van der Waals surface area contributed by atoms with Gasteiger partial charge in [0.1, 0.15) is 6.04 Å². The maximum Gasteiger partial charge on any atom is 0.327 e. The minimum absolute atomic E-state index is 0.343. The fraction of sp³-hybridized carbons (Fsp3) is 0.429. The van der Waals surface area contributed by atoms with E-state index in [1.807, 2.05) is 17.8 Å². The molecule has 1 aromatic carbocycles. The van der Waals surface area contributed by atoms with Gasteiger partial charge in [-0.25, -0.2) is 4.79 Å². The van der Waals surface area contributed by atoms with Crippen LogP contribution in [0.15, 0.2) is 30.3 Å². The zero-order valence-electron chi connectivity index (χ0n) is 11.1. The number of nitrogens with one attached hydrogen (secondary N) is 1. The molecule has 1 aromatic rings. The number of carboxylic acid groups (broad SMARTS) is 1. The van der Waals surface area contributed by atoms with Gasteiger partial charge in [-0.1, -0.05) is 18.2 Å². The maximum atomic E-state index is 12.0. The highest BCUT2D eigenvalue weighted by Crippen LogP contribution is 2.09. The van der Waals surface area contributed by atoms with Crippen molar-refractivity contribution in [3.05, 3.63) is 35.9 Å². The van der Waals surface area contributed by atoms with E-state index in [2.05, 4.69) is 10.2 Å². The molecular weight excluding hydrogens is 276 g/mol. The van der Waals surface area contributed by atoms with E-state index in [9.17, 15) is 14.7 Å². The highest BCUT2D eigenvalue weighted by Gasteiger charge is 2.24. The summed E-state index contributed by atoms with van der Waals surface area (Å²) in [7, 11) is 0. The van der Waals surface area contributed by atoms with Crippen LogP contribution in [0.25, 0.3) is 0 Å². The summed E-state index contributed by atoms with van der Waals surface area (Å²) >= 11 is 1.87. The molecule has 2 N–H and O–H groups in total. The lowest BCUT2D eigenvalue weighted by atomic mass is 10.2. The summed E-state index contributed by atoms with van der Waals surface area (Å²) < 4.78 is 0. The van der Waals surface area contributed by atoms with Crippen LogP contribution >= 0.6 is 11.8 Å². The van der Waals surface area contributed by atoms with E-state index in [0.717, 1.165) is 24.6 Å². The van der Waals surface area contributed by atoms with Crippen LogP contribution in [0.1, 0.15) is 10.4 Å². The number of aliphatic carboxylic acids is 1. The Kier molecular flexibility index (Phi) is 5.43. The van der Waals surface area contributed by atoms with Crippen molar-refractivity contribution in [2.24, 2.45) is 0 Å². The number of hydrogen-bond acceptors (Lipinski definition) is 4. The number of rotatable bonds is 5. The molecule has 0 aromatic heterocycles. The largest absolute Gasteiger partial charge is 0.480 e. The van der Waals surface area contributed by atoms with Gasteiger partial charge < -0.3 is 10.4 Å². The molecule has 1 fully saturated rings. The fourth-order valence-corrected chi connectivity index (χ4v) is 3.04. The van der Waals surface area contributed by atoms with Crippen LogP contribution in [-0.4, -0.2) is 59.1 Å². The highest BCUT2D eigenvalue weighted by atomic mass is 32.2. The second-order valence-electron chi connectivity index (χ2n) is 4.64. The van der Waals surface area contributed by atoms with Crippen LogP contribution in [0.5, 0.6) is 0 Å². The molecule has 1 amide bonds. The van der Waals surface area contributed by atoms with Crippen LogP contribution in [0.2, 0.25) is 0 Å². The molecule has 1 heterocycles. The summed E-state index contributed by atoms with van der Waals surface area (Å²) in [4.78, 5) is 25.4. The van der Waals surface area contributed by atoms with Crippen LogP contribution < -0.4 is 5.32 Å². The van der Waals surface area contributed by atoms with Gasteiger partial charge in [-0.2, -0.15) is 11.8 Å². The first-order valence-electron chi connectivity index (χ1n) is 6.55. The molecule has 1 atom stereocenters. The molecule has 0 spiro atoms. The predicted octanol–water partition coefficient (Wildman–Crippen LogP) is 0.918. The van der Waals surface area contributed by atoms with Gasteiger partial charge in [-0.15, -0.1) is 0 Å². The van der Waals surface area contributed by atoms with Gasteiger partial charge in [0.2, 0.25) is 0 Å². The molecule has 108 valence electrons. The molecule has 0 radical (unpaired) electrons. The van der Waals surface area contributed by atoms with Gasteiger partial charge >= 0.3 is 5.97 Å². The van der Waals surface area contributed by atoms with Crippen molar-refractivity contribution in [1.82, 2.24) is 10.2 Å². The van der Waals surface area contributed by atoms with Crippen LogP contribution in [0, 0.1) is 0 Å². The van der Waals surface area contributed by atoms with E-state index in [1.54, 1.807) is 24.3 Å². The van der Waals surface area contributed by atoms with E-state index in [1.165, 1.54) is 0 Å². The normalized spacial score (nSPS) is 17.4. The number of carbonyl (C=O) groups is 2. The number of nitrogens with zero attached hydrogens (tertiary/aromatic N) is 1. The Balaban J connectivity index is 1.95. The second kappa shape index (κ2) is 7.31.